The molecule has 2 aromatic heterocycles. The summed E-state index contributed by atoms with van der Waals surface area (Å²) in [6, 6.07) is 4.63. The predicted octanol–water partition coefficient (Wildman–Crippen LogP) is 3.34. The number of pyridine rings is 1. The SMILES string of the molecule is CC[C@H](c1cc2cnc(Br)cc2[nH]1)N(C)C. The van der Waals surface area contributed by atoms with Crippen LogP contribution < -0.4 is 0 Å². The minimum Gasteiger partial charge on any atom is -0.357 e. The van der Waals surface area contributed by atoms with E-state index in [0.717, 1.165) is 16.5 Å². The van der Waals surface area contributed by atoms with E-state index in [2.05, 4.69) is 57.9 Å². The molecule has 1 N–H and O–H groups in total. The Morgan fingerprint density at radius 3 is 2.81 bits per heavy atom. The first kappa shape index (κ1) is 11.6. The van der Waals surface area contributed by atoms with Gasteiger partial charge >= 0.3 is 0 Å². The second kappa shape index (κ2) is 4.55. The first-order valence-corrected chi connectivity index (χ1v) is 6.21. The van der Waals surface area contributed by atoms with Gasteiger partial charge in [0.1, 0.15) is 4.60 Å². The predicted molar refractivity (Wildman–Crippen MR) is 70.5 cm³/mol. The molecular weight excluding hydrogens is 266 g/mol. The number of H-pyrrole nitrogens is 1. The molecule has 2 rings (SSSR count). The van der Waals surface area contributed by atoms with Crippen molar-refractivity contribution in [2.24, 2.45) is 0 Å². The van der Waals surface area contributed by atoms with Gasteiger partial charge in [0.15, 0.2) is 0 Å². The Balaban J connectivity index is 2.45. The van der Waals surface area contributed by atoms with Crippen molar-refractivity contribution in [3.8, 4) is 0 Å². The Hall–Kier alpha value is -0.870. The van der Waals surface area contributed by atoms with Crippen LogP contribution in [0.25, 0.3) is 10.9 Å². The largest absolute Gasteiger partial charge is 0.357 e. The molecule has 0 radical (unpaired) electrons. The number of rotatable bonds is 3. The number of nitrogens with one attached hydrogen (secondary N) is 1. The van der Waals surface area contributed by atoms with Crippen molar-refractivity contribution in [1.29, 1.82) is 0 Å². The maximum atomic E-state index is 4.23. The Morgan fingerprint density at radius 2 is 2.19 bits per heavy atom. The third-order valence-corrected chi connectivity index (χ3v) is 3.29. The summed E-state index contributed by atoms with van der Waals surface area (Å²) in [5.74, 6) is 0. The molecule has 0 saturated heterocycles. The quantitative estimate of drug-likeness (QED) is 0.876. The second-order valence-electron chi connectivity index (χ2n) is 4.21. The lowest BCUT2D eigenvalue weighted by Crippen LogP contribution is -2.19. The third kappa shape index (κ3) is 2.13. The zero-order valence-corrected chi connectivity index (χ0v) is 11.4. The summed E-state index contributed by atoms with van der Waals surface area (Å²) in [6.45, 7) is 2.20. The molecule has 0 aliphatic heterocycles. The van der Waals surface area contributed by atoms with Gasteiger partial charge in [-0.2, -0.15) is 0 Å². The van der Waals surface area contributed by atoms with E-state index in [1.807, 2.05) is 12.3 Å². The van der Waals surface area contributed by atoms with Crippen LogP contribution in [0.15, 0.2) is 22.9 Å². The normalized spacial score (nSPS) is 13.6. The highest BCUT2D eigenvalue weighted by atomic mass is 79.9. The minimum absolute atomic E-state index is 0.436. The Morgan fingerprint density at radius 1 is 1.44 bits per heavy atom. The van der Waals surface area contributed by atoms with Crippen molar-refractivity contribution >= 4 is 26.8 Å². The zero-order valence-electron chi connectivity index (χ0n) is 9.79. The first-order chi connectivity index (χ1) is 7.61. The topological polar surface area (TPSA) is 31.9 Å². The van der Waals surface area contributed by atoms with Crippen molar-refractivity contribution < 1.29 is 0 Å². The summed E-state index contributed by atoms with van der Waals surface area (Å²) in [5, 5.41) is 1.17. The fourth-order valence-corrected chi connectivity index (χ4v) is 2.40. The van der Waals surface area contributed by atoms with Crippen LogP contribution in [-0.2, 0) is 0 Å². The summed E-state index contributed by atoms with van der Waals surface area (Å²) in [5.41, 5.74) is 2.39. The van der Waals surface area contributed by atoms with Gasteiger partial charge in [0.05, 0.1) is 0 Å². The fourth-order valence-electron chi connectivity index (χ4n) is 2.07. The van der Waals surface area contributed by atoms with Gasteiger partial charge in [-0.25, -0.2) is 4.98 Å². The van der Waals surface area contributed by atoms with Crippen LogP contribution >= 0.6 is 15.9 Å². The molecule has 4 heteroatoms. The fraction of sp³-hybridized carbons (Fsp3) is 0.417. The molecule has 3 nitrogen and oxygen atoms in total. The lowest BCUT2D eigenvalue weighted by Gasteiger charge is -2.21. The van der Waals surface area contributed by atoms with Gasteiger partial charge in [0.25, 0.3) is 0 Å². The maximum absolute atomic E-state index is 4.23. The van der Waals surface area contributed by atoms with Gasteiger partial charge in [-0.3, -0.25) is 0 Å². The molecule has 0 amide bonds. The number of aromatic nitrogens is 2. The molecule has 86 valence electrons. The molecule has 2 heterocycles. The molecule has 0 fully saturated rings. The minimum atomic E-state index is 0.436. The van der Waals surface area contributed by atoms with E-state index in [1.54, 1.807) is 0 Å². The lowest BCUT2D eigenvalue weighted by molar-refractivity contribution is 0.287. The number of halogens is 1. The molecule has 0 spiro atoms. The van der Waals surface area contributed by atoms with E-state index in [0.29, 0.717) is 6.04 Å². The highest BCUT2D eigenvalue weighted by Gasteiger charge is 2.14. The summed E-state index contributed by atoms with van der Waals surface area (Å²) in [6.07, 6.45) is 2.98. The highest BCUT2D eigenvalue weighted by Crippen LogP contribution is 2.25. The van der Waals surface area contributed by atoms with Crippen LogP contribution in [0.5, 0.6) is 0 Å². The van der Waals surface area contributed by atoms with E-state index in [9.17, 15) is 0 Å². The van der Waals surface area contributed by atoms with Crippen molar-refractivity contribution in [2.75, 3.05) is 14.1 Å². The van der Waals surface area contributed by atoms with Crippen molar-refractivity contribution in [1.82, 2.24) is 14.9 Å². The molecule has 0 aromatic carbocycles. The molecule has 1 atom stereocenters. The van der Waals surface area contributed by atoms with Crippen LogP contribution in [0.3, 0.4) is 0 Å². The van der Waals surface area contributed by atoms with Gasteiger partial charge in [0.2, 0.25) is 0 Å². The standard InChI is InChI=1S/C12H16BrN3/c1-4-11(16(2)3)10-5-8-7-14-12(13)6-9(8)15-10/h5-7,11,15H,4H2,1-3H3/t11-/m1/s1. The number of hydrogen-bond acceptors (Lipinski definition) is 2. The summed E-state index contributed by atoms with van der Waals surface area (Å²) < 4.78 is 0.867. The summed E-state index contributed by atoms with van der Waals surface area (Å²) in [7, 11) is 4.21. The van der Waals surface area contributed by atoms with Crippen molar-refractivity contribution in [3.63, 3.8) is 0 Å². The molecule has 0 unspecified atom stereocenters. The lowest BCUT2D eigenvalue weighted by atomic mass is 10.1. The number of aromatic amines is 1. The Labute approximate surface area is 104 Å². The van der Waals surface area contributed by atoms with E-state index >= 15 is 0 Å². The van der Waals surface area contributed by atoms with Crippen LogP contribution in [0, 0.1) is 0 Å². The molecule has 0 aliphatic carbocycles. The Bertz CT molecular complexity index is 490. The van der Waals surface area contributed by atoms with Gasteiger partial charge < -0.3 is 9.88 Å². The van der Waals surface area contributed by atoms with Gasteiger partial charge in [-0.05, 0) is 48.6 Å². The Kier molecular flexibility index (Phi) is 3.30. The molecular formula is C12H16BrN3. The van der Waals surface area contributed by atoms with E-state index in [4.69, 9.17) is 0 Å². The molecule has 2 aromatic rings. The molecule has 0 saturated carbocycles. The second-order valence-corrected chi connectivity index (χ2v) is 5.02. The maximum Gasteiger partial charge on any atom is 0.108 e. The van der Waals surface area contributed by atoms with Gasteiger partial charge in [-0.15, -0.1) is 0 Å². The average molecular weight is 282 g/mol. The van der Waals surface area contributed by atoms with E-state index in [-0.39, 0.29) is 0 Å². The highest BCUT2D eigenvalue weighted by molar-refractivity contribution is 9.10. The molecule has 0 bridgehead atoms. The molecule has 16 heavy (non-hydrogen) atoms. The van der Waals surface area contributed by atoms with Crippen LogP contribution in [0.1, 0.15) is 25.1 Å². The van der Waals surface area contributed by atoms with Crippen LogP contribution in [0.4, 0.5) is 0 Å². The number of fused-ring (bicyclic) bond motifs is 1. The van der Waals surface area contributed by atoms with E-state index in [1.165, 1.54) is 11.1 Å². The smallest absolute Gasteiger partial charge is 0.108 e. The summed E-state index contributed by atoms with van der Waals surface area (Å²) in [4.78, 5) is 9.92. The van der Waals surface area contributed by atoms with Crippen molar-refractivity contribution in [2.45, 2.75) is 19.4 Å². The third-order valence-electron chi connectivity index (χ3n) is 2.86. The monoisotopic (exact) mass is 281 g/mol. The average Bonchev–Trinajstić information content (AvgIpc) is 2.60. The van der Waals surface area contributed by atoms with Crippen LogP contribution in [0.2, 0.25) is 0 Å². The van der Waals surface area contributed by atoms with Crippen molar-refractivity contribution in [3.05, 3.63) is 28.6 Å². The van der Waals surface area contributed by atoms with E-state index < -0.39 is 0 Å². The van der Waals surface area contributed by atoms with Gasteiger partial charge in [-0.1, -0.05) is 6.92 Å². The number of hydrogen-bond donors (Lipinski definition) is 1. The number of nitrogens with zero attached hydrogens (tertiary/aromatic N) is 2. The van der Waals surface area contributed by atoms with Crippen LogP contribution in [-0.4, -0.2) is 29.0 Å². The molecule has 0 aliphatic rings. The van der Waals surface area contributed by atoms with Gasteiger partial charge in [0, 0.05) is 28.8 Å². The first-order valence-electron chi connectivity index (χ1n) is 5.42. The summed E-state index contributed by atoms with van der Waals surface area (Å²) >= 11 is 3.38. The zero-order chi connectivity index (χ0) is 11.7.